The van der Waals surface area contributed by atoms with Gasteiger partial charge in [0.15, 0.2) is 5.82 Å². The first-order valence-corrected chi connectivity index (χ1v) is 8.37. The van der Waals surface area contributed by atoms with Gasteiger partial charge in [-0.05, 0) is 34.1 Å². The van der Waals surface area contributed by atoms with E-state index < -0.39 is 0 Å². The number of hydrogen-bond donors (Lipinski definition) is 1. The van der Waals surface area contributed by atoms with Crippen LogP contribution in [0.1, 0.15) is 31.3 Å². The van der Waals surface area contributed by atoms with Crippen LogP contribution in [0.25, 0.3) is 5.52 Å². The van der Waals surface area contributed by atoms with Crippen molar-refractivity contribution in [3.05, 3.63) is 45.0 Å². The Bertz CT molecular complexity index is 769. The van der Waals surface area contributed by atoms with E-state index in [1.54, 1.807) is 17.5 Å². The summed E-state index contributed by atoms with van der Waals surface area (Å²) in [5, 5.41) is 8.04. The Labute approximate surface area is 136 Å². The number of halogens is 1. The van der Waals surface area contributed by atoms with Crippen LogP contribution >= 0.6 is 27.3 Å². The van der Waals surface area contributed by atoms with E-state index in [1.807, 2.05) is 10.7 Å². The molecule has 0 atom stereocenters. The number of nitrogens with zero attached hydrogens (tertiary/aromatic N) is 3. The molecule has 0 spiro atoms. The SMILES string of the molecule is CC(C)(C)c1cc2c(NCc3ccc(Br)s3)nccn2n1. The zero-order chi connectivity index (χ0) is 15.0. The first-order chi connectivity index (χ1) is 9.93. The second-order valence-electron chi connectivity index (χ2n) is 5.94. The van der Waals surface area contributed by atoms with Crippen molar-refractivity contribution >= 4 is 38.6 Å². The van der Waals surface area contributed by atoms with Crippen molar-refractivity contribution in [2.24, 2.45) is 0 Å². The molecule has 6 heteroatoms. The van der Waals surface area contributed by atoms with Crippen molar-refractivity contribution in [3.8, 4) is 0 Å². The Balaban J connectivity index is 1.89. The van der Waals surface area contributed by atoms with Gasteiger partial charge >= 0.3 is 0 Å². The van der Waals surface area contributed by atoms with Crippen molar-refractivity contribution in [1.82, 2.24) is 14.6 Å². The molecular formula is C15H17BrN4S. The lowest BCUT2D eigenvalue weighted by Crippen LogP contribution is -2.11. The van der Waals surface area contributed by atoms with E-state index in [1.165, 1.54) is 4.88 Å². The predicted octanol–water partition coefficient (Wildman–Crippen LogP) is 4.46. The number of rotatable bonds is 3. The van der Waals surface area contributed by atoms with Crippen LogP contribution < -0.4 is 5.32 Å². The van der Waals surface area contributed by atoms with Gasteiger partial charge in [-0.15, -0.1) is 11.3 Å². The van der Waals surface area contributed by atoms with Crippen LogP contribution in [0.4, 0.5) is 5.82 Å². The summed E-state index contributed by atoms with van der Waals surface area (Å²) < 4.78 is 3.03. The molecule has 3 aromatic heterocycles. The van der Waals surface area contributed by atoms with Gasteiger partial charge in [0, 0.05) is 22.7 Å². The fraction of sp³-hybridized carbons (Fsp3) is 0.333. The number of hydrogen-bond acceptors (Lipinski definition) is 4. The number of anilines is 1. The maximum Gasteiger partial charge on any atom is 0.152 e. The maximum absolute atomic E-state index is 4.64. The number of aromatic nitrogens is 3. The summed E-state index contributed by atoms with van der Waals surface area (Å²) in [7, 11) is 0. The van der Waals surface area contributed by atoms with Crippen LogP contribution in [-0.4, -0.2) is 14.6 Å². The average molecular weight is 365 g/mol. The number of nitrogens with one attached hydrogen (secondary N) is 1. The molecular weight excluding hydrogens is 348 g/mol. The molecule has 110 valence electrons. The van der Waals surface area contributed by atoms with Crippen LogP contribution in [0.15, 0.2) is 34.4 Å². The summed E-state index contributed by atoms with van der Waals surface area (Å²) in [6, 6.07) is 6.28. The first-order valence-electron chi connectivity index (χ1n) is 6.76. The molecule has 4 nitrogen and oxygen atoms in total. The molecule has 0 saturated heterocycles. The van der Waals surface area contributed by atoms with Crippen molar-refractivity contribution in [2.75, 3.05) is 5.32 Å². The van der Waals surface area contributed by atoms with Crippen LogP contribution in [0.3, 0.4) is 0 Å². The van der Waals surface area contributed by atoms with Gasteiger partial charge in [0.25, 0.3) is 0 Å². The smallest absolute Gasteiger partial charge is 0.152 e. The molecule has 3 aromatic rings. The van der Waals surface area contributed by atoms with Crippen molar-refractivity contribution < 1.29 is 0 Å². The molecule has 0 radical (unpaired) electrons. The van der Waals surface area contributed by atoms with E-state index in [2.05, 4.69) is 70.3 Å². The third-order valence-electron chi connectivity index (χ3n) is 3.22. The molecule has 0 aliphatic rings. The minimum Gasteiger partial charge on any atom is -0.363 e. The molecule has 0 amide bonds. The quantitative estimate of drug-likeness (QED) is 0.745. The van der Waals surface area contributed by atoms with Crippen LogP contribution in [0.5, 0.6) is 0 Å². The largest absolute Gasteiger partial charge is 0.363 e. The highest BCUT2D eigenvalue weighted by Gasteiger charge is 2.19. The van der Waals surface area contributed by atoms with Gasteiger partial charge in [0.05, 0.1) is 16.0 Å². The van der Waals surface area contributed by atoms with E-state index in [0.717, 1.165) is 27.4 Å². The lowest BCUT2D eigenvalue weighted by molar-refractivity contribution is 0.562. The van der Waals surface area contributed by atoms with Gasteiger partial charge in [-0.25, -0.2) is 9.50 Å². The monoisotopic (exact) mass is 364 g/mol. The summed E-state index contributed by atoms with van der Waals surface area (Å²) in [6.07, 6.45) is 3.66. The van der Waals surface area contributed by atoms with Gasteiger partial charge < -0.3 is 5.32 Å². The summed E-state index contributed by atoms with van der Waals surface area (Å²) >= 11 is 5.21. The molecule has 0 fully saturated rings. The molecule has 0 aliphatic carbocycles. The van der Waals surface area contributed by atoms with Crippen molar-refractivity contribution in [1.29, 1.82) is 0 Å². The Hall–Kier alpha value is -1.40. The summed E-state index contributed by atoms with van der Waals surface area (Å²) in [5.41, 5.74) is 2.11. The highest BCUT2D eigenvalue weighted by Crippen LogP contribution is 2.26. The van der Waals surface area contributed by atoms with Crippen LogP contribution in [0.2, 0.25) is 0 Å². The second-order valence-corrected chi connectivity index (χ2v) is 8.49. The van der Waals surface area contributed by atoms with E-state index >= 15 is 0 Å². The van der Waals surface area contributed by atoms with Gasteiger partial charge in [0.2, 0.25) is 0 Å². The Morgan fingerprint density at radius 3 is 2.81 bits per heavy atom. The Morgan fingerprint density at radius 1 is 1.33 bits per heavy atom. The van der Waals surface area contributed by atoms with Crippen molar-refractivity contribution in [2.45, 2.75) is 32.7 Å². The topological polar surface area (TPSA) is 42.2 Å². The minimum absolute atomic E-state index is 0.0297. The lowest BCUT2D eigenvalue weighted by atomic mass is 9.92. The number of fused-ring (bicyclic) bond motifs is 1. The maximum atomic E-state index is 4.64. The second kappa shape index (κ2) is 5.42. The Morgan fingerprint density at radius 2 is 2.14 bits per heavy atom. The summed E-state index contributed by atoms with van der Waals surface area (Å²) in [4.78, 5) is 5.71. The molecule has 0 bridgehead atoms. The fourth-order valence-electron chi connectivity index (χ4n) is 2.04. The van der Waals surface area contributed by atoms with Crippen LogP contribution in [0, 0.1) is 0 Å². The first kappa shape index (κ1) is 14.5. The van der Waals surface area contributed by atoms with Gasteiger partial charge in [0.1, 0.15) is 5.52 Å². The number of thiophene rings is 1. The molecule has 0 saturated carbocycles. The zero-order valence-electron chi connectivity index (χ0n) is 12.2. The molecule has 21 heavy (non-hydrogen) atoms. The van der Waals surface area contributed by atoms with Crippen molar-refractivity contribution in [3.63, 3.8) is 0 Å². The molecule has 0 unspecified atom stereocenters. The fourth-order valence-corrected chi connectivity index (χ4v) is 3.47. The van der Waals surface area contributed by atoms with E-state index in [-0.39, 0.29) is 5.41 Å². The average Bonchev–Trinajstić information content (AvgIpc) is 3.01. The predicted molar refractivity (Wildman–Crippen MR) is 91.0 cm³/mol. The van der Waals surface area contributed by atoms with E-state index in [4.69, 9.17) is 0 Å². The summed E-state index contributed by atoms with van der Waals surface area (Å²) in [6.45, 7) is 7.26. The van der Waals surface area contributed by atoms with Gasteiger partial charge in [-0.2, -0.15) is 5.10 Å². The lowest BCUT2D eigenvalue weighted by Gasteiger charge is -2.13. The minimum atomic E-state index is 0.0297. The molecule has 0 aliphatic heterocycles. The third kappa shape index (κ3) is 3.11. The molecule has 3 rings (SSSR count). The van der Waals surface area contributed by atoms with E-state index in [9.17, 15) is 0 Å². The standard InChI is InChI=1S/C15H17BrN4S/c1-15(2,3)12-8-11-14(17-6-7-20(11)19-12)18-9-10-4-5-13(16)21-10/h4-8H,9H2,1-3H3,(H,17,18). The van der Waals surface area contributed by atoms with Gasteiger partial charge in [-0.3, -0.25) is 0 Å². The normalized spacial score (nSPS) is 12.0. The third-order valence-corrected chi connectivity index (χ3v) is 4.84. The molecule has 1 N–H and O–H groups in total. The highest BCUT2D eigenvalue weighted by atomic mass is 79.9. The molecule has 0 aromatic carbocycles. The Kier molecular flexibility index (Phi) is 3.75. The van der Waals surface area contributed by atoms with Gasteiger partial charge in [-0.1, -0.05) is 20.8 Å². The summed E-state index contributed by atoms with van der Waals surface area (Å²) in [5.74, 6) is 0.866. The highest BCUT2D eigenvalue weighted by molar-refractivity contribution is 9.11. The van der Waals surface area contributed by atoms with Crippen LogP contribution in [-0.2, 0) is 12.0 Å². The zero-order valence-corrected chi connectivity index (χ0v) is 14.6. The van der Waals surface area contributed by atoms with E-state index in [0.29, 0.717) is 0 Å². The molecule has 3 heterocycles.